The second-order valence-corrected chi connectivity index (χ2v) is 8.80. The van der Waals surface area contributed by atoms with Crippen LogP contribution in [-0.2, 0) is 14.3 Å². The maximum Gasteiger partial charge on any atom is 0.407 e. The average Bonchev–Trinajstić information content (AvgIpc) is 3.69. The fourth-order valence-electron chi connectivity index (χ4n) is 4.39. The average molecular weight is 420 g/mol. The smallest absolute Gasteiger partial charge is 0.407 e. The van der Waals surface area contributed by atoms with Crippen molar-refractivity contribution in [1.82, 2.24) is 10.6 Å². The summed E-state index contributed by atoms with van der Waals surface area (Å²) in [6.07, 6.45) is 1.57. The Kier molecular flexibility index (Phi) is 4.50. The van der Waals surface area contributed by atoms with Crippen molar-refractivity contribution in [3.05, 3.63) is 59.7 Å². The van der Waals surface area contributed by atoms with Crippen LogP contribution in [-0.4, -0.2) is 41.8 Å². The lowest BCUT2D eigenvalue weighted by Crippen LogP contribution is -2.49. The van der Waals surface area contributed by atoms with Crippen LogP contribution in [0.25, 0.3) is 11.1 Å². The normalized spacial score (nSPS) is 19.0. The molecule has 0 bridgehead atoms. The fraction of sp³-hybridized carbons (Fsp3) is 0.375. The minimum absolute atomic E-state index is 0.0263. The van der Waals surface area contributed by atoms with E-state index in [2.05, 4.69) is 34.9 Å². The second-order valence-electron chi connectivity index (χ2n) is 8.80. The van der Waals surface area contributed by atoms with Gasteiger partial charge in [0.05, 0.1) is 5.41 Å². The topological polar surface area (TPSA) is 105 Å². The molecule has 2 saturated carbocycles. The monoisotopic (exact) mass is 420 g/mol. The fourth-order valence-corrected chi connectivity index (χ4v) is 4.39. The Morgan fingerprint density at radius 2 is 1.52 bits per heavy atom. The highest BCUT2D eigenvalue weighted by molar-refractivity contribution is 5.93. The van der Waals surface area contributed by atoms with Crippen LogP contribution in [0.1, 0.15) is 42.7 Å². The van der Waals surface area contributed by atoms with Crippen molar-refractivity contribution >= 4 is 18.0 Å². The first-order valence-corrected chi connectivity index (χ1v) is 10.6. The van der Waals surface area contributed by atoms with E-state index in [1.165, 1.54) is 0 Å². The van der Waals surface area contributed by atoms with Gasteiger partial charge in [0, 0.05) is 12.5 Å². The summed E-state index contributed by atoms with van der Waals surface area (Å²) in [4.78, 5) is 36.3. The summed E-state index contributed by atoms with van der Waals surface area (Å²) in [5, 5.41) is 14.6. The van der Waals surface area contributed by atoms with Crippen LogP contribution in [0, 0.1) is 5.41 Å². The molecule has 3 N–H and O–H groups in total. The number of alkyl carbamates (subject to hydrolysis) is 1. The minimum atomic E-state index is -1.11. The summed E-state index contributed by atoms with van der Waals surface area (Å²) in [6, 6.07) is 16.2. The van der Waals surface area contributed by atoms with Gasteiger partial charge < -0.3 is 20.5 Å². The number of rotatable bonds is 7. The van der Waals surface area contributed by atoms with Gasteiger partial charge in [-0.05, 0) is 47.9 Å². The lowest BCUT2D eigenvalue weighted by Gasteiger charge is -2.20. The Hall–Kier alpha value is -3.35. The number of hydrogen-bond acceptors (Lipinski definition) is 4. The number of hydrogen-bond donors (Lipinski definition) is 3. The Morgan fingerprint density at radius 3 is 2.03 bits per heavy atom. The summed E-state index contributed by atoms with van der Waals surface area (Å²) in [7, 11) is 0. The molecule has 160 valence electrons. The molecule has 3 aliphatic rings. The van der Waals surface area contributed by atoms with Gasteiger partial charge in [-0.15, -0.1) is 0 Å². The molecule has 0 spiro atoms. The Balaban J connectivity index is 1.18. The number of amides is 2. The highest BCUT2D eigenvalue weighted by atomic mass is 16.5. The van der Waals surface area contributed by atoms with Crippen LogP contribution in [0.2, 0.25) is 0 Å². The third-order valence-corrected chi connectivity index (χ3v) is 6.76. The Morgan fingerprint density at radius 1 is 0.935 bits per heavy atom. The molecule has 0 aliphatic heterocycles. The first-order valence-electron chi connectivity index (χ1n) is 10.6. The van der Waals surface area contributed by atoms with E-state index in [1.807, 2.05) is 24.3 Å². The van der Waals surface area contributed by atoms with Crippen LogP contribution in [0.5, 0.6) is 0 Å². The number of carboxylic acid groups (broad SMARTS) is 1. The lowest BCUT2D eigenvalue weighted by atomic mass is 9.98. The van der Waals surface area contributed by atoms with Crippen molar-refractivity contribution in [2.45, 2.75) is 37.1 Å². The van der Waals surface area contributed by atoms with Gasteiger partial charge in [0.25, 0.3) is 0 Å². The maximum atomic E-state index is 12.6. The molecule has 0 unspecified atom stereocenters. The zero-order chi connectivity index (χ0) is 21.6. The summed E-state index contributed by atoms with van der Waals surface area (Å²) in [5.74, 6) is -1.32. The summed E-state index contributed by atoms with van der Waals surface area (Å²) < 4.78 is 5.52. The van der Waals surface area contributed by atoms with Crippen molar-refractivity contribution in [1.29, 1.82) is 0 Å². The quantitative estimate of drug-likeness (QED) is 0.639. The molecule has 7 nitrogen and oxygen atoms in total. The van der Waals surface area contributed by atoms with E-state index in [0.717, 1.165) is 22.3 Å². The molecule has 2 aromatic carbocycles. The maximum absolute atomic E-state index is 12.6. The predicted octanol–water partition coefficient (Wildman–Crippen LogP) is 3.04. The Labute approximate surface area is 179 Å². The standard InChI is InChI=1S/C24H24N2O5/c27-20(26-24(11-12-24)21(28)29)23(9-10-23)14-25-22(30)31-13-19-17-7-3-1-5-15(17)16-6-2-4-8-18(16)19/h1-8,19H,9-14H2,(H,25,30)(H,26,27)(H,28,29). The van der Waals surface area contributed by atoms with E-state index in [1.54, 1.807) is 0 Å². The van der Waals surface area contributed by atoms with E-state index < -0.39 is 23.0 Å². The number of carbonyl (C=O) groups is 3. The highest BCUT2D eigenvalue weighted by Crippen LogP contribution is 2.47. The molecule has 0 radical (unpaired) electrons. The number of carboxylic acids is 1. The van der Waals surface area contributed by atoms with Gasteiger partial charge in [-0.25, -0.2) is 9.59 Å². The number of fused-ring (bicyclic) bond motifs is 3. The minimum Gasteiger partial charge on any atom is -0.480 e. The molecular formula is C24H24N2O5. The van der Waals surface area contributed by atoms with E-state index in [4.69, 9.17) is 4.74 Å². The predicted molar refractivity (Wildman–Crippen MR) is 112 cm³/mol. The molecule has 2 amide bonds. The van der Waals surface area contributed by atoms with Gasteiger partial charge in [0.1, 0.15) is 12.1 Å². The molecular weight excluding hydrogens is 396 g/mol. The number of ether oxygens (including phenoxy) is 1. The number of aliphatic carboxylic acids is 1. The van der Waals surface area contributed by atoms with Crippen molar-refractivity contribution in [2.75, 3.05) is 13.2 Å². The number of benzene rings is 2. The van der Waals surface area contributed by atoms with E-state index in [9.17, 15) is 19.5 Å². The van der Waals surface area contributed by atoms with E-state index in [0.29, 0.717) is 25.7 Å². The van der Waals surface area contributed by atoms with Crippen LogP contribution in [0.3, 0.4) is 0 Å². The van der Waals surface area contributed by atoms with E-state index in [-0.39, 0.29) is 25.0 Å². The first kappa shape index (κ1) is 19.6. The zero-order valence-electron chi connectivity index (χ0n) is 17.0. The SMILES string of the molecule is O=C(NCC1(C(=O)NC2(C(=O)O)CC2)CC1)OCC1c2ccccc2-c2ccccc21. The lowest BCUT2D eigenvalue weighted by molar-refractivity contribution is -0.144. The third-order valence-electron chi connectivity index (χ3n) is 6.76. The van der Waals surface area contributed by atoms with Gasteiger partial charge in [-0.1, -0.05) is 48.5 Å². The Bertz CT molecular complexity index is 1030. The number of carbonyl (C=O) groups excluding carboxylic acids is 2. The summed E-state index contributed by atoms with van der Waals surface area (Å²) >= 11 is 0. The zero-order valence-corrected chi connectivity index (χ0v) is 17.0. The van der Waals surface area contributed by atoms with Crippen LogP contribution in [0.15, 0.2) is 48.5 Å². The molecule has 0 aromatic heterocycles. The molecule has 31 heavy (non-hydrogen) atoms. The number of nitrogens with one attached hydrogen (secondary N) is 2. The van der Waals surface area contributed by atoms with Gasteiger partial charge in [-0.2, -0.15) is 0 Å². The molecule has 0 saturated heterocycles. The van der Waals surface area contributed by atoms with Crippen molar-refractivity contribution < 1.29 is 24.2 Å². The summed E-state index contributed by atoms with van der Waals surface area (Å²) in [6.45, 7) is 0.354. The van der Waals surface area contributed by atoms with Crippen LogP contribution >= 0.6 is 0 Å². The van der Waals surface area contributed by atoms with Gasteiger partial charge in [-0.3, -0.25) is 4.79 Å². The third kappa shape index (κ3) is 3.44. The largest absolute Gasteiger partial charge is 0.480 e. The van der Waals surface area contributed by atoms with Crippen molar-refractivity contribution in [2.24, 2.45) is 5.41 Å². The summed E-state index contributed by atoms with van der Waals surface area (Å²) in [5.41, 5.74) is 2.75. The van der Waals surface area contributed by atoms with Crippen LogP contribution < -0.4 is 10.6 Å². The second kappa shape index (κ2) is 7.11. The van der Waals surface area contributed by atoms with Crippen molar-refractivity contribution in [3.8, 4) is 11.1 Å². The molecule has 0 heterocycles. The van der Waals surface area contributed by atoms with E-state index >= 15 is 0 Å². The molecule has 0 atom stereocenters. The van der Waals surface area contributed by atoms with Gasteiger partial charge >= 0.3 is 12.1 Å². The van der Waals surface area contributed by atoms with Crippen molar-refractivity contribution in [3.63, 3.8) is 0 Å². The highest BCUT2D eigenvalue weighted by Gasteiger charge is 2.57. The molecule has 5 rings (SSSR count). The van der Waals surface area contributed by atoms with Gasteiger partial charge in [0.15, 0.2) is 0 Å². The first-order chi connectivity index (χ1) is 14.9. The molecule has 2 aromatic rings. The van der Waals surface area contributed by atoms with Gasteiger partial charge in [0.2, 0.25) is 5.91 Å². The molecule has 3 aliphatic carbocycles. The molecule has 7 heteroatoms. The van der Waals surface area contributed by atoms with Crippen LogP contribution in [0.4, 0.5) is 4.79 Å². The molecule has 2 fully saturated rings.